The number of fused-ring (bicyclic) bond motifs is 1. The van der Waals surface area contributed by atoms with Crippen LogP contribution in [0.25, 0.3) is 5.65 Å². The van der Waals surface area contributed by atoms with Gasteiger partial charge in [0.25, 0.3) is 0 Å². The van der Waals surface area contributed by atoms with Gasteiger partial charge in [0.2, 0.25) is 0 Å². The molecule has 10 heteroatoms. The van der Waals surface area contributed by atoms with Gasteiger partial charge in [-0.05, 0) is 58.6 Å². The summed E-state index contributed by atoms with van der Waals surface area (Å²) in [5, 5.41) is 11.1. The van der Waals surface area contributed by atoms with E-state index in [0.717, 1.165) is 18.4 Å². The van der Waals surface area contributed by atoms with Crippen LogP contribution in [0.5, 0.6) is 0 Å². The van der Waals surface area contributed by atoms with Crippen LogP contribution in [0.2, 0.25) is 5.02 Å². The normalized spacial score (nSPS) is 12.8. The molecule has 0 fully saturated rings. The summed E-state index contributed by atoms with van der Waals surface area (Å²) in [7, 11) is 0. The van der Waals surface area contributed by atoms with Crippen molar-refractivity contribution in [2.75, 3.05) is 13.1 Å². The molecule has 36 heavy (non-hydrogen) atoms. The zero-order chi connectivity index (χ0) is 26.5. The molecule has 0 aliphatic carbocycles. The number of rotatable bonds is 10. The summed E-state index contributed by atoms with van der Waals surface area (Å²) in [6.07, 6.45) is 1.20. The molecular weight excluding hydrogens is 480 g/mol. The van der Waals surface area contributed by atoms with Crippen LogP contribution in [-0.4, -0.2) is 43.9 Å². The fourth-order valence-corrected chi connectivity index (χ4v) is 4.06. The van der Waals surface area contributed by atoms with E-state index in [9.17, 15) is 9.59 Å². The summed E-state index contributed by atoms with van der Waals surface area (Å²) in [6, 6.07) is 9.63. The lowest BCUT2D eigenvalue weighted by atomic mass is 10.0. The van der Waals surface area contributed by atoms with Gasteiger partial charge in [-0.1, -0.05) is 55.8 Å². The van der Waals surface area contributed by atoms with Gasteiger partial charge in [-0.25, -0.2) is 14.6 Å². The molecule has 196 valence electrons. The van der Waals surface area contributed by atoms with Gasteiger partial charge in [0.15, 0.2) is 5.65 Å². The van der Waals surface area contributed by atoms with Gasteiger partial charge in [0, 0.05) is 6.54 Å². The molecule has 1 unspecified atom stereocenters. The molecule has 9 nitrogen and oxygen atoms in total. The third-order valence-corrected chi connectivity index (χ3v) is 6.08. The standard InChI is InChI=1S/C26H37ClN6O3/c1-17(2)21(28-14-10-11-15-29-24(34)36-26(4,5)6)23-30-22-20(27)18(3)31-33(22)25(35)32(23)16-19-12-8-7-9-13-19/h7-9,12-13,17,21,28H,10-11,14-16H2,1-6H3,(H,29,34). The molecule has 0 aliphatic heterocycles. The monoisotopic (exact) mass is 516 g/mol. The van der Waals surface area contributed by atoms with E-state index in [1.54, 1.807) is 11.5 Å². The van der Waals surface area contributed by atoms with Crippen molar-refractivity contribution in [1.29, 1.82) is 0 Å². The molecule has 0 saturated heterocycles. The molecule has 0 bridgehead atoms. The smallest absolute Gasteiger partial charge is 0.407 e. The highest BCUT2D eigenvalue weighted by Crippen LogP contribution is 2.24. The maximum absolute atomic E-state index is 13.5. The minimum atomic E-state index is -0.517. The summed E-state index contributed by atoms with van der Waals surface area (Å²) in [6.45, 7) is 13.0. The first-order valence-corrected chi connectivity index (χ1v) is 12.8. The third-order valence-electron chi connectivity index (χ3n) is 5.64. The quantitative estimate of drug-likeness (QED) is 0.385. The van der Waals surface area contributed by atoms with Crippen LogP contribution in [0.4, 0.5) is 4.79 Å². The number of aryl methyl sites for hydroxylation is 1. The molecule has 0 aliphatic rings. The highest BCUT2D eigenvalue weighted by Gasteiger charge is 2.25. The number of nitrogens with one attached hydrogen (secondary N) is 2. The molecule has 3 aromatic rings. The van der Waals surface area contributed by atoms with E-state index in [4.69, 9.17) is 21.3 Å². The fourth-order valence-electron chi connectivity index (χ4n) is 3.90. The number of unbranched alkanes of at least 4 members (excludes halogenated alkanes) is 1. The van der Waals surface area contributed by atoms with Crippen molar-refractivity contribution < 1.29 is 9.53 Å². The largest absolute Gasteiger partial charge is 0.444 e. The number of amides is 1. The van der Waals surface area contributed by atoms with Gasteiger partial charge >= 0.3 is 11.8 Å². The van der Waals surface area contributed by atoms with Crippen LogP contribution < -0.4 is 16.3 Å². The van der Waals surface area contributed by atoms with Crippen LogP contribution in [0.15, 0.2) is 35.1 Å². The van der Waals surface area contributed by atoms with Gasteiger partial charge in [-0.15, -0.1) is 0 Å². The molecule has 1 atom stereocenters. The van der Waals surface area contributed by atoms with Gasteiger partial charge in [-0.3, -0.25) is 4.57 Å². The summed E-state index contributed by atoms with van der Waals surface area (Å²) in [4.78, 5) is 30.2. The van der Waals surface area contributed by atoms with E-state index in [1.807, 2.05) is 51.1 Å². The first-order valence-electron chi connectivity index (χ1n) is 12.4. The molecule has 2 N–H and O–H groups in total. The van der Waals surface area contributed by atoms with Crippen molar-refractivity contribution in [1.82, 2.24) is 29.8 Å². The second-order valence-corrected chi connectivity index (χ2v) is 10.6. The van der Waals surface area contributed by atoms with Crippen LogP contribution >= 0.6 is 11.6 Å². The Bertz CT molecular complexity index is 1230. The second kappa shape index (κ2) is 11.9. The molecule has 1 aromatic carbocycles. The van der Waals surface area contributed by atoms with Crippen LogP contribution in [0.3, 0.4) is 0 Å². The van der Waals surface area contributed by atoms with Crippen LogP contribution in [0.1, 0.15) is 70.6 Å². The van der Waals surface area contributed by atoms with Crippen LogP contribution in [0, 0.1) is 12.8 Å². The predicted molar refractivity (Wildman–Crippen MR) is 142 cm³/mol. The lowest BCUT2D eigenvalue weighted by Gasteiger charge is -2.25. The van der Waals surface area contributed by atoms with Gasteiger partial charge in [0.05, 0.1) is 18.3 Å². The number of aromatic nitrogens is 4. The Hall–Kier alpha value is -2.91. The molecule has 3 rings (SSSR count). The third kappa shape index (κ3) is 7.07. The Kier molecular flexibility index (Phi) is 9.13. The summed E-state index contributed by atoms with van der Waals surface area (Å²) < 4.78 is 8.22. The molecule has 0 spiro atoms. The Labute approximate surface area is 217 Å². The molecule has 0 saturated carbocycles. The Morgan fingerprint density at radius 3 is 2.44 bits per heavy atom. The van der Waals surface area contributed by atoms with Crippen molar-refractivity contribution in [3.63, 3.8) is 0 Å². The van der Waals surface area contributed by atoms with Gasteiger partial charge < -0.3 is 15.4 Å². The number of benzene rings is 1. The number of halogens is 1. The summed E-state index contributed by atoms with van der Waals surface area (Å²) in [5.41, 5.74) is 1.13. The molecule has 2 heterocycles. The number of alkyl carbamates (subject to hydrolysis) is 1. The van der Waals surface area contributed by atoms with E-state index in [-0.39, 0.29) is 17.6 Å². The second-order valence-electron chi connectivity index (χ2n) is 10.3. The van der Waals surface area contributed by atoms with Crippen molar-refractivity contribution in [3.8, 4) is 0 Å². The predicted octanol–water partition coefficient (Wildman–Crippen LogP) is 4.49. The Balaban J connectivity index is 1.78. The zero-order valence-electron chi connectivity index (χ0n) is 22.0. The van der Waals surface area contributed by atoms with E-state index >= 15 is 0 Å². The Morgan fingerprint density at radius 1 is 1.14 bits per heavy atom. The topological polar surface area (TPSA) is 103 Å². The zero-order valence-corrected chi connectivity index (χ0v) is 22.7. The Morgan fingerprint density at radius 2 is 1.81 bits per heavy atom. The van der Waals surface area contributed by atoms with E-state index in [2.05, 4.69) is 29.6 Å². The first kappa shape index (κ1) is 27.7. The molecule has 2 aromatic heterocycles. The average Bonchev–Trinajstić information content (AvgIpc) is 3.08. The lowest BCUT2D eigenvalue weighted by molar-refractivity contribution is 0.0527. The van der Waals surface area contributed by atoms with Crippen molar-refractivity contribution in [2.24, 2.45) is 5.92 Å². The SMILES string of the molecule is Cc1nn2c(=O)n(Cc3ccccc3)c(C(NCCCCNC(=O)OC(C)(C)C)C(C)C)nc2c1Cl. The van der Waals surface area contributed by atoms with E-state index < -0.39 is 11.7 Å². The maximum atomic E-state index is 13.5. The van der Waals surface area contributed by atoms with Crippen molar-refractivity contribution in [3.05, 3.63) is 62.9 Å². The highest BCUT2D eigenvalue weighted by atomic mass is 35.5. The summed E-state index contributed by atoms with van der Waals surface area (Å²) in [5.74, 6) is 0.782. The van der Waals surface area contributed by atoms with Crippen molar-refractivity contribution in [2.45, 2.75) is 72.6 Å². The average molecular weight is 517 g/mol. The minimum absolute atomic E-state index is 0.157. The first-order chi connectivity index (χ1) is 17.0. The highest BCUT2D eigenvalue weighted by molar-refractivity contribution is 6.34. The van der Waals surface area contributed by atoms with Gasteiger partial charge in [-0.2, -0.15) is 9.61 Å². The number of carbonyl (C=O) groups is 1. The number of hydrogen-bond acceptors (Lipinski definition) is 6. The van der Waals surface area contributed by atoms with Crippen molar-refractivity contribution >= 4 is 23.3 Å². The molecule has 1 amide bonds. The number of ether oxygens (including phenoxy) is 1. The minimum Gasteiger partial charge on any atom is -0.444 e. The number of carbonyl (C=O) groups excluding carboxylic acids is 1. The maximum Gasteiger partial charge on any atom is 0.407 e. The van der Waals surface area contributed by atoms with Crippen LogP contribution in [-0.2, 0) is 11.3 Å². The fraction of sp³-hybridized carbons (Fsp3) is 0.538. The number of nitrogens with zero attached hydrogens (tertiary/aromatic N) is 4. The number of hydrogen-bond donors (Lipinski definition) is 2. The lowest BCUT2D eigenvalue weighted by Crippen LogP contribution is -2.38. The van der Waals surface area contributed by atoms with Gasteiger partial charge in [0.1, 0.15) is 16.4 Å². The molecule has 0 radical (unpaired) electrons. The van der Waals surface area contributed by atoms with E-state index in [0.29, 0.717) is 41.8 Å². The molecular formula is C26H37ClN6O3. The van der Waals surface area contributed by atoms with E-state index in [1.165, 1.54) is 4.52 Å². The summed E-state index contributed by atoms with van der Waals surface area (Å²) >= 11 is 6.45.